The van der Waals surface area contributed by atoms with Gasteiger partial charge in [0.15, 0.2) is 0 Å². The van der Waals surface area contributed by atoms with Crippen molar-refractivity contribution in [2.24, 2.45) is 0 Å². The minimum absolute atomic E-state index is 0.999. The molecule has 0 saturated carbocycles. The Hall–Kier alpha value is -1.89. The number of pyridine rings is 1. The third-order valence-electron chi connectivity index (χ3n) is 2.55. The zero-order valence-corrected chi connectivity index (χ0v) is 9.43. The van der Waals surface area contributed by atoms with Crippen LogP contribution in [-0.4, -0.2) is 4.98 Å². The Labute approximate surface area is 96.5 Å². The molecule has 0 N–H and O–H groups in total. The molecule has 1 aromatic rings. The second-order valence-corrected chi connectivity index (χ2v) is 3.67. The van der Waals surface area contributed by atoms with E-state index in [-0.39, 0.29) is 0 Å². The van der Waals surface area contributed by atoms with E-state index in [4.69, 9.17) is 0 Å². The molecule has 2 rings (SSSR count). The average Bonchev–Trinajstić information content (AvgIpc) is 2.38. The Morgan fingerprint density at radius 2 is 2.06 bits per heavy atom. The lowest BCUT2D eigenvalue weighted by Crippen LogP contribution is -1.89. The van der Waals surface area contributed by atoms with Gasteiger partial charge < -0.3 is 0 Å². The summed E-state index contributed by atoms with van der Waals surface area (Å²) in [7, 11) is 0. The van der Waals surface area contributed by atoms with Gasteiger partial charge in [0.05, 0.1) is 0 Å². The molecule has 0 saturated heterocycles. The molecule has 0 unspecified atom stereocenters. The first-order valence-electron chi connectivity index (χ1n) is 5.51. The van der Waals surface area contributed by atoms with Crippen LogP contribution >= 0.6 is 0 Å². The van der Waals surface area contributed by atoms with Crippen LogP contribution in [-0.2, 0) is 0 Å². The van der Waals surface area contributed by atoms with Crippen LogP contribution < -0.4 is 0 Å². The van der Waals surface area contributed by atoms with Gasteiger partial charge in [-0.05, 0) is 42.2 Å². The van der Waals surface area contributed by atoms with E-state index in [9.17, 15) is 0 Å². The van der Waals surface area contributed by atoms with Crippen molar-refractivity contribution in [1.82, 2.24) is 4.98 Å². The first-order valence-corrected chi connectivity index (χ1v) is 5.51. The topological polar surface area (TPSA) is 12.9 Å². The standard InChI is InChI=1S/C15H15N/c1-2-6-15(13-7-4-3-5-8-13)14-9-11-16-12-10-14/h2-7,9-12H,8H2,1H3/b6-2-,15-13+. The molecule has 80 valence electrons. The van der Waals surface area contributed by atoms with Gasteiger partial charge in [-0.25, -0.2) is 0 Å². The Morgan fingerprint density at radius 3 is 2.69 bits per heavy atom. The number of nitrogens with zero attached hydrogens (tertiary/aromatic N) is 1. The first kappa shape index (κ1) is 10.6. The Morgan fingerprint density at radius 1 is 1.25 bits per heavy atom. The maximum absolute atomic E-state index is 4.05. The summed E-state index contributed by atoms with van der Waals surface area (Å²) in [5.74, 6) is 0. The zero-order valence-electron chi connectivity index (χ0n) is 9.43. The number of rotatable bonds is 2. The van der Waals surface area contributed by atoms with Crippen LogP contribution in [0.5, 0.6) is 0 Å². The van der Waals surface area contributed by atoms with Crippen LogP contribution in [0.15, 0.2) is 66.6 Å². The van der Waals surface area contributed by atoms with Gasteiger partial charge in [0.1, 0.15) is 0 Å². The summed E-state index contributed by atoms with van der Waals surface area (Å²) in [6.45, 7) is 2.05. The number of hydrogen-bond acceptors (Lipinski definition) is 1. The lowest BCUT2D eigenvalue weighted by Gasteiger charge is -2.10. The highest BCUT2D eigenvalue weighted by atomic mass is 14.6. The molecule has 0 fully saturated rings. The molecular weight excluding hydrogens is 194 g/mol. The van der Waals surface area contributed by atoms with Crippen molar-refractivity contribution in [3.63, 3.8) is 0 Å². The highest BCUT2D eigenvalue weighted by Crippen LogP contribution is 2.24. The summed E-state index contributed by atoms with van der Waals surface area (Å²) in [5, 5.41) is 0. The van der Waals surface area contributed by atoms with Crippen molar-refractivity contribution in [3.05, 3.63) is 72.1 Å². The van der Waals surface area contributed by atoms with Crippen molar-refractivity contribution >= 4 is 5.57 Å². The molecular formula is C15H15N. The summed E-state index contributed by atoms with van der Waals surface area (Å²) < 4.78 is 0. The molecule has 1 aromatic heterocycles. The highest BCUT2D eigenvalue weighted by Gasteiger charge is 2.04. The molecule has 0 aromatic carbocycles. The summed E-state index contributed by atoms with van der Waals surface area (Å²) in [6, 6.07) is 4.10. The third-order valence-corrected chi connectivity index (χ3v) is 2.55. The predicted octanol–water partition coefficient (Wildman–Crippen LogP) is 3.93. The molecule has 0 spiro atoms. The van der Waals surface area contributed by atoms with Gasteiger partial charge in [0.25, 0.3) is 0 Å². The van der Waals surface area contributed by atoms with E-state index >= 15 is 0 Å². The van der Waals surface area contributed by atoms with Crippen LogP contribution in [0, 0.1) is 0 Å². The van der Waals surface area contributed by atoms with Gasteiger partial charge in [0, 0.05) is 12.4 Å². The van der Waals surface area contributed by atoms with E-state index in [0.29, 0.717) is 0 Å². The quantitative estimate of drug-likeness (QED) is 0.719. The fourth-order valence-corrected chi connectivity index (χ4v) is 1.80. The summed E-state index contributed by atoms with van der Waals surface area (Å²) in [5.41, 5.74) is 3.86. The zero-order chi connectivity index (χ0) is 11.2. The highest BCUT2D eigenvalue weighted by molar-refractivity contribution is 5.78. The lowest BCUT2D eigenvalue weighted by molar-refractivity contribution is 1.26. The summed E-state index contributed by atoms with van der Waals surface area (Å²) in [6.07, 6.45) is 17.4. The van der Waals surface area contributed by atoms with Crippen molar-refractivity contribution in [1.29, 1.82) is 0 Å². The Bertz CT molecular complexity index is 461. The van der Waals surface area contributed by atoms with E-state index < -0.39 is 0 Å². The monoisotopic (exact) mass is 209 g/mol. The molecule has 0 aliphatic heterocycles. The molecule has 1 heterocycles. The van der Waals surface area contributed by atoms with Gasteiger partial charge in [-0.3, -0.25) is 4.98 Å². The van der Waals surface area contributed by atoms with Crippen molar-refractivity contribution in [2.75, 3.05) is 0 Å². The SMILES string of the molecule is C/C=C\C(=C1\C=CC=CC1)c1ccncc1. The van der Waals surface area contributed by atoms with E-state index in [1.807, 2.05) is 19.3 Å². The maximum Gasteiger partial charge on any atom is 0.0273 e. The maximum atomic E-state index is 4.05. The Kier molecular flexibility index (Phi) is 3.50. The first-order chi connectivity index (χ1) is 7.92. The van der Waals surface area contributed by atoms with Gasteiger partial charge in [-0.15, -0.1) is 0 Å². The van der Waals surface area contributed by atoms with Crippen LogP contribution in [0.3, 0.4) is 0 Å². The largest absolute Gasteiger partial charge is 0.265 e. The molecule has 0 amide bonds. The number of hydrogen-bond donors (Lipinski definition) is 0. The summed E-state index contributed by atoms with van der Waals surface area (Å²) in [4.78, 5) is 4.05. The molecule has 16 heavy (non-hydrogen) atoms. The van der Waals surface area contributed by atoms with E-state index in [2.05, 4.69) is 53.6 Å². The van der Waals surface area contributed by atoms with Gasteiger partial charge in [-0.2, -0.15) is 0 Å². The van der Waals surface area contributed by atoms with Gasteiger partial charge in [0.2, 0.25) is 0 Å². The van der Waals surface area contributed by atoms with Gasteiger partial charge in [-0.1, -0.05) is 36.5 Å². The van der Waals surface area contributed by atoms with E-state index in [0.717, 1.165) is 6.42 Å². The van der Waals surface area contributed by atoms with Crippen molar-refractivity contribution in [3.8, 4) is 0 Å². The molecule has 0 radical (unpaired) electrons. The molecule has 0 bridgehead atoms. The lowest BCUT2D eigenvalue weighted by atomic mass is 9.96. The van der Waals surface area contributed by atoms with Crippen LogP contribution in [0.25, 0.3) is 5.57 Å². The van der Waals surface area contributed by atoms with Crippen molar-refractivity contribution in [2.45, 2.75) is 13.3 Å². The van der Waals surface area contributed by atoms with E-state index in [1.165, 1.54) is 16.7 Å². The van der Waals surface area contributed by atoms with Crippen LogP contribution in [0.1, 0.15) is 18.9 Å². The molecule has 0 atom stereocenters. The van der Waals surface area contributed by atoms with E-state index in [1.54, 1.807) is 0 Å². The third kappa shape index (κ3) is 2.37. The predicted molar refractivity (Wildman–Crippen MR) is 68.9 cm³/mol. The molecule has 1 aliphatic rings. The van der Waals surface area contributed by atoms with Crippen LogP contribution in [0.2, 0.25) is 0 Å². The average molecular weight is 209 g/mol. The van der Waals surface area contributed by atoms with Crippen molar-refractivity contribution < 1.29 is 0 Å². The fraction of sp³-hybridized carbons (Fsp3) is 0.133. The fourth-order valence-electron chi connectivity index (χ4n) is 1.80. The molecule has 1 aliphatic carbocycles. The number of allylic oxidation sites excluding steroid dienone is 8. The normalized spacial score (nSPS) is 18.1. The second-order valence-electron chi connectivity index (χ2n) is 3.67. The second kappa shape index (κ2) is 5.26. The minimum Gasteiger partial charge on any atom is -0.265 e. The molecule has 1 nitrogen and oxygen atoms in total. The van der Waals surface area contributed by atoms with Crippen LogP contribution in [0.4, 0.5) is 0 Å². The number of aromatic nitrogens is 1. The summed E-state index contributed by atoms with van der Waals surface area (Å²) >= 11 is 0. The molecule has 1 heteroatoms. The minimum atomic E-state index is 0.999. The smallest absolute Gasteiger partial charge is 0.0273 e. The Balaban J connectivity index is 2.46. The van der Waals surface area contributed by atoms with Gasteiger partial charge >= 0.3 is 0 Å².